The number of nitrogens with zero attached hydrogens (tertiary/aromatic N) is 1. The smallest absolute Gasteiger partial charge is 0.191 e. The Balaban J connectivity index is 2.08. The molecule has 0 aliphatic rings. The Bertz CT molecular complexity index is 791. The van der Waals surface area contributed by atoms with E-state index in [1.165, 1.54) is 5.56 Å². The quantitative estimate of drug-likeness (QED) is 0.453. The summed E-state index contributed by atoms with van der Waals surface area (Å²) in [6, 6.07) is 11.5. The third-order valence-electron chi connectivity index (χ3n) is 4.06. The Morgan fingerprint density at radius 1 is 0.964 bits per heavy atom. The summed E-state index contributed by atoms with van der Waals surface area (Å²) in [6.07, 6.45) is 0. The van der Waals surface area contributed by atoms with Crippen LogP contribution in [0.15, 0.2) is 41.4 Å². The molecule has 0 fully saturated rings. The highest BCUT2D eigenvalue weighted by atomic mass is 16.5. The van der Waals surface area contributed by atoms with Gasteiger partial charge in [0.25, 0.3) is 0 Å². The largest absolute Gasteiger partial charge is 0.504 e. The molecule has 0 unspecified atom stereocenters. The molecule has 0 heterocycles. The second-order valence-corrected chi connectivity index (χ2v) is 6.33. The fourth-order valence-corrected chi connectivity index (χ4v) is 2.72. The van der Waals surface area contributed by atoms with Gasteiger partial charge in [-0.1, -0.05) is 18.2 Å². The zero-order valence-corrected chi connectivity index (χ0v) is 17.2. The van der Waals surface area contributed by atoms with E-state index in [9.17, 15) is 5.11 Å². The molecule has 28 heavy (non-hydrogen) atoms. The monoisotopic (exact) mass is 385 g/mol. The highest BCUT2D eigenvalue weighted by Crippen LogP contribution is 2.27. The molecule has 0 saturated heterocycles. The molecule has 2 aromatic rings. The summed E-state index contributed by atoms with van der Waals surface area (Å²) in [6.45, 7) is 10.9. The number of aryl methyl sites for hydroxylation is 1. The number of ether oxygens (including phenoxy) is 2. The van der Waals surface area contributed by atoms with Gasteiger partial charge in [0.1, 0.15) is 5.75 Å². The molecule has 152 valence electrons. The lowest BCUT2D eigenvalue weighted by molar-refractivity contribution is 0.318. The zero-order chi connectivity index (χ0) is 20.4. The molecule has 6 nitrogen and oxygen atoms in total. The van der Waals surface area contributed by atoms with E-state index >= 15 is 0 Å². The second kappa shape index (κ2) is 11.1. The minimum atomic E-state index is 0.141. The van der Waals surface area contributed by atoms with Crippen LogP contribution in [0, 0.1) is 6.92 Å². The average Bonchev–Trinajstić information content (AvgIpc) is 2.68. The maximum Gasteiger partial charge on any atom is 0.191 e. The lowest BCUT2D eigenvalue weighted by Gasteiger charge is -2.15. The van der Waals surface area contributed by atoms with E-state index in [2.05, 4.69) is 40.7 Å². The van der Waals surface area contributed by atoms with Gasteiger partial charge in [-0.25, -0.2) is 4.99 Å². The van der Waals surface area contributed by atoms with Crippen molar-refractivity contribution in [3.8, 4) is 17.2 Å². The first kappa shape index (κ1) is 21.4. The highest BCUT2D eigenvalue weighted by Gasteiger charge is 2.07. The molecule has 0 spiro atoms. The standard InChI is InChI=1S/C22H31N3O3/c1-5-23-22(24-14-17-9-11-19(26)21(13-17)28-7-3)25-15-18-10-8-16(4)12-20(18)27-6-2/h8-13,26H,5-7,14-15H2,1-4H3,(H2,23,24,25). The van der Waals surface area contributed by atoms with Gasteiger partial charge < -0.3 is 25.2 Å². The predicted molar refractivity (Wildman–Crippen MR) is 113 cm³/mol. The van der Waals surface area contributed by atoms with Crippen molar-refractivity contribution in [1.29, 1.82) is 0 Å². The van der Waals surface area contributed by atoms with Gasteiger partial charge in [0.15, 0.2) is 17.5 Å². The molecule has 0 bridgehead atoms. The molecule has 6 heteroatoms. The Labute approximate surface area is 167 Å². The highest BCUT2D eigenvalue weighted by molar-refractivity contribution is 5.79. The molecule has 0 aliphatic heterocycles. The number of hydrogen-bond donors (Lipinski definition) is 3. The molecule has 0 amide bonds. The zero-order valence-electron chi connectivity index (χ0n) is 17.2. The number of rotatable bonds is 9. The van der Waals surface area contributed by atoms with Crippen LogP contribution in [0.1, 0.15) is 37.5 Å². The number of nitrogens with one attached hydrogen (secondary N) is 2. The van der Waals surface area contributed by atoms with E-state index in [4.69, 9.17) is 9.47 Å². The maximum absolute atomic E-state index is 9.83. The number of phenolic OH excluding ortho intramolecular Hbond substituents is 1. The van der Waals surface area contributed by atoms with Gasteiger partial charge in [-0.3, -0.25) is 0 Å². The van der Waals surface area contributed by atoms with Crippen molar-refractivity contribution in [3.05, 3.63) is 53.1 Å². The van der Waals surface area contributed by atoms with Crippen LogP contribution in [0.4, 0.5) is 0 Å². The molecule has 0 aromatic heterocycles. The molecule has 3 N–H and O–H groups in total. The first-order valence-electron chi connectivity index (χ1n) is 9.76. The van der Waals surface area contributed by atoms with E-state index in [0.29, 0.717) is 32.1 Å². The SMILES string of the molecule is CCNC(=NCc1ccc(O)c(OCC)c1)NCc1ccc(C)cc1OCC. The number of guanidine groups is 1. The van der Waals surface area contributed by atoms with Crippen LogP contribution in [0.3, 0.4) is 0 Å². The minimum Gasteiger partial charge on any atom is -0.504 e. The summed E-state index contributed by atoms with van der Waals surface area (Å²) in [7, 11) is 0. The van der Waals surface area contributed by atoms with Crippen LogP contribution in [0.2, 0.25) is 0 Å². The molecule has 0 radical (unpaired) electrons. The van der Waals surface area contributed by atoms with Crippen molar-refractivity contribution in [2.45, 2.75) is 40.8 Å². The van der Waals surface area contributed by atoms with Crippen LogP contribution < -0.4 is 20.1 Å². The number of phenols is 1. The maximum atomic E-state index is 9.83. The lowest BCUT2D eigenvalue weighted by Crippen LogP contribution is -2.36. The van der Waals surface area contributed by atoms with Crippen molar-refractivity contribution < 1.29 is 14.6 Å². The van der Waals surface area contributed by atoms with Crippen molar-refractivity contribution in [2.24, 2.45) is 4.99 Å². The third-order valence-corrected chi connectivity index (χ3v) is 4.06. The fraction of sp³-hybridized carbons (Fsp3) is 0.409. The number of hydrogen-bond acceptors (Lipinski definition) is 4. The molecular weight excluding hydrogens is 354 g/mol. The summed E-state index contributed by atoms with van der Waals surface area (Å²) < 4.78 is 11.2. The average molecular weight is 386 g/mol. The van der Waals surface area contributed by atoms with Gasteiger partial charge in [-0.2, -0.15) is 0 Å². The Morgan fingerprint density at radius 2 is 1.71 bits per heavy atom. The summed E-state index contributed by atoms with van der Waals surface area (Å²) in [4.78, 5) is 4.64. The van der Waals surface area contributed by atoms with Crippen LogP contribution in [-0.2, 0) is 13.1 Å². The van der Waals surface area contributed by atoms with E-state index < -0.39 is 0 Å². The van der Waals surface area contributed by atoms with E-state index in [1.807, 2.05) is 32.9 Å². The van der Waals surface area contributed by atoms with Crippen molar-refractivity contribution in [1.82, 2.24) is 10.6 Å². The summed E-state index contributed by atoms with van der Waals surface area (Å²) in [5.74, 6) is 2.24. The third kappa shape index (κ3) is 6.37. The van der Waals surface area contributed by atoms with Crippen LogP contribution in [-0.4, -0.2) is 30.8 Å². The molecule has 2 rings (SSSR count). The predicted octanol–water partition coefficient (Wildman–Crippen LogP) is 3.75. The Morgan fingerprint density at radius 3 is 2.43 bits per heavy atom. The van der Waals surface area contributed by atoms with Gasteiger partial charge in [0.05, 0.1) is 19.8 Å². The van der Waals surface area contributed by atoms with E-state index in [0.717, 1.165) is 29.4 Å². The van der Waals surface area contributed by atoms with Gasteiger partial charge in [-0.05, 0) is 57.0 Å². The second-order valence-electron chi connectivity index (χ2n) is 6.33. The molecular formula is C22H31N3O3. The van der Waals surface area contributed by atoms with Crippen LogP contribution in [0.5, 0.6) is 17.2 Å². The Kier molecular flexibility index (Phi) is 8.46. The van der Waals surface area contributed by atoms with Gasteiger partial charge >= 0.3 is 0 Å². The van der Waals surface area contributed by atoms with Gasteiger partial charge in [0.2, 0.25) is 0 Å². The summed E-state index contributed by atoms with van der Waals surface area (Å²) >= 11 is 0. The number of benzene rings is 2. The van der Waals surface area contributed by atoms with Crippen molar-refractivity contribution in [3.63, 3.8) is 0 Å². The molecule has 0 saturated carbocycles. The first-order chi connectivity index (χ1) is 13.6. The van der Waals surface area contributed by atoms with Crippen LogP contribution in [0.25, 0.3) is 0 Å². The summed E-state index contributed by atoms with van der Waals surface area (Å²) in [5, 5.41) is 16.4. The van der Waals surface area contributed by atoms with Crippen molar-refractivity contribution in [2.75, 3.05) is 19.8 Å². The normalized spacial score (nSPS) is 11.2. The van der Waals surface area contributed by atoms with Gasteiger partial charge in [-0.15, -0.1) is 0 Å². The van der Waals surface area contributed by atoms with Crippen LogP contribution >= 0.6 is 0 Å². The minimum absolute atomic E-state index is 0.141. The number of aromatic hydroxyl groups is 1. The molecule has 2 aromatic carbocycles. The number of aliphatic imine (C=N–C) groups is 1. The van der Waals surface area contributed by atoms with Crippen molar-refractivity contribution >= 4 is 5.96 Å². The summed E-state index contributed by atoms with van der Waals surface area (Å²) in [5.41, 5.74) is 3.22. The topological polar surface area (TPSA) is 75.1 Å². The lowest BCUT2D eigenvalue weighted by atomic mass is 10.1. The van der Waals surface area contributed by atoms with E-state index in [1.54, 1.807) is 6.07 Å². The van der Waals surface area contributed by atoms with E-state index in [-0.39, 0.29) is 5.75 Å². The fourth-order valence-electron chi connectivity index (χ4n) is 2.72. The molecule has 0 aliphatic carbocycles. The first-order valence-corrected chi connectivity index (χ1v) is 9.76. The van der Waals surface area contributed by atoms with Gasteiger partial charge in [0, 0.05) is 18.7 Å². The molecule has 0 atom stereocenters. The Hall–Kier alpha value is -2.89.